The zero-order valence-electron chi connectivity index (χ0n) is 7.92. The highest BCUT2D eigenvalue weighted by molar-refractivity contribution is 5.19. The molecule has 1 aliphatic heterocycles. The first kappa shape index (κ1) is 7.34. The summed E-state index contributed by atoms with van der Waals surface area (Å²) < 4.78 is 0. The molecule has 0 unspecified atom stereocenters. The van der Waals surface area contributed by atoms with Crippen LogP contribution in [0.5, 0.6) is 0 Å². The van der Waals surface area contributed by atoms with Crippen LogP contribution < -0.4 is 0 Å². The first-order chi connectivity index (χ1) is 5.78. The minimum Gasteiger partial charge on any atom is -0.304 e. The summed E-state index contributed by atoms with van der Waals surface area (Å²) in [4.78, 5) is 5.11. The molecule has 2 nitrogen and oxygen atoms in total. The van der Waals surface area contributed by atoms with Crippen LogP contribution in [0.4, 0.5) is 0 Å². The largest absolute Gasteiger partial charge is 0.304 e. The van der Waals surface area contributed by atoms with Gasteiger partial charge in [-0.1, -0.05) is 0 Å². The molecule has 2 saturated carbocycles. The van der Waals surface area contributed by atoms with Gasteiger partial charge in [-0.3, -0.25) is 0 Å². The fraction of sp³-hybridized carbons (Fsp3) is 1.00. The number of hydrogen-bond donors (Lipinski definition) is 0. The smallest absolute Gasteiger partial charge is 0.0110 e. The minimum atomic E-state index is 0.871. The fourth-order valence-corrected chi connectivity index (χ4v) is 2.51. The van der Waals surface area contributed by atoms with E-state index in [1.165, 1.54) is 32.7 Å². The molecular weight excluding hydrogens is 148 g/mol. The third-order valence-electron chi connectivity index (χ3n) is 3.99. The van der Waals surface area contributed by atoms with Crippen molar-refractivity contribution in [3.63, 3.8) is 0 Å². The lowest BCUT2D eigenvalue weighted by atomic mass is 10.2. The van der Waals surface area contributed by atoms with Crippen molar-refractivity contribution in [1.29, 1.82) is 0 Å². The fourth-order valence-electron chi connectivity index (χ4n) is 2.51. The molecule has 0 aromatic carbocycles. The summed E-state index contributed by atoms with van der Waals surface area (Å²) in [6, 6.07) is 0. The third kappa shape index (κ3) is 1.09. The predicted octanol–water partition coefficient (Wildman–Crippen LogP) is 0.644. The van der Waals surface area contributed by atoms with E-state index in [9.17, 15) is 0 Å². The number of hydrogen-bond acceptors (Lipinski definition) is 2. The van der Waals surface area contributed by atoms with E-state index in [4.69, 9.17) is 0 Å². The van der Waals surface area contributed by atoms with Crippen molar-refractivity contribution < 1.29 is 0 Å². The molecule has 0 radical (unpaired) electrons. The number of likely N-dealkylation sites (N-methyl/N-ethyl adjacent to an activating group) is 1. The van der Waals surface area contributed by atoms with Crippen LogP contribution in [0, 0.1) is 11.3 Å². The quantitative estimate of drug-likeness (QED) is 0.594. The summed E-state index contributed by atoms with van der Waals surface area (Å²) in [5.41, 5.74) is 0.871. The zero-order chi connectivity index (χ0) is 8.18. The average Bonchev–Trinajstić information content (AvgIpc) is 2.83. The van der Waals surface area contributed by atoms with Gasteiger partial charge in [-0.15, -0.1) is 0 Å². The van der Waals surface area contributed by atoms with Crippen LogP contribution in [-0.4, -0.2) is 49.6 Å². The van der Waals surface area contributed by atoms with Crippen LogP contribution in [0.25, 0.3) is 0 Å². The number of fused-ring (bicyclic) bond motifs is 1. The first-order valence-corrected chi connectivity index (χ1v) is 5.19. The molecule has 0 amide bonds. The predicted molar refractivity (Wildman–Crippen MR) is 49.1 cm³/mol. The van der Waals surface area contributed by atoms with Crippen LogP contribution >= 0.6 is 0 Å². The highest BCUT2D eigenvalue weighted by atomic mass is 15.3. The molecule has 3 fully saturated rings. The Hall–Kier alpha value is -0.0800. The highest BCUT2D eigenvalue weighted by Crippen LogP contribution is 2.75. The Bertz CT molecular complexity index is 188. The summed E-state index contributed by atoms with van der Waals surface area (Å²) in [6.45, 7) is 6.60. The molecule has 12 heavy (non-hydrogen) atoms. The summed E-state index contributed by atoms with van der Waals surface area (Å²) in [7, 11) is 2.23. The molecule has 0 spiro atoms. The second kappa shape index (κ2) is 2.24. The van der Waals surface area contributed by atoms with E-state index < -0.39 is 0 Å². The summed E-state index contributed by atoms with van der Waals surface area (Å²) in [6.07, 6.45) is 3.11. The van der Waals surface area contributed by atoms with E-state index >= 15 is 0 Å². The molecule has 1 heterocycles. The second-order valence-electron chi connectivity index (χ2n) is 5.05. The lowest BCUT2D eigenvalue weighted by Crippen LogP contribution is -2.45. The Morgan fingerprint density at radius 2 is 1.75 bits per heavy atom. The van der Waals surface area contributed by atoms with Gasteiger partial charge in [-0.2, -0.15) is 0 Å². The standard InChI is InChI=1S/C10H18N2/c1-11-2-4-12(5-3-11)8-10-6-9(10)7-10/h9H,2-8H2,1H3. The molecular formula is C10H18N2. The molecule has 68 valence electrons. The Morgan fingerprint density at radius 3 is 2.25 bits per heavy atom. The van der Waals surface area contributed by atoms with Crippen molar-refractivity contribution in [2.24, 2.45) is 11.3 Å². The van der Waals surface area contributed by atoms with Crippen LogP contribution in [0.2, 0.25) is 0 Å². The Balaban J connectivity index is 1.50. The van der Waals surface area contributed by atoms with Gasteiger partial charge in [0.2, 0.25) is 0 Å². The van der Waals surface area contributed by atoms with Crippen molar-refractivity contribution in [3.8, 4) is 0 Å². The third-order valence-corrected chi connectivity index (χ3v) is 3.99. The monoisotopic (exact) mass is 166 g/mol. The molecule has 2 heteroatoms. The van der Waals surface area contributed by atoms with Crippen molar-refractivity contribution in [1.82, 2.24) is 9.80 Å². The molecule has 0 bridgehead atoms. The molecule has 3 aliphatic rings. The maximum Gasteiger partial charge on any atom is 0.0110 e. The van der Waals surface area contributed by atoms with E-state index in [2.05, 4.69) is 16.8 Å². The lowest BCUT2D eigenvalue weighted by Gasteiger charge is -2.33. The number of nitrogens with zero attached hydrogens (tertiary/aromatic N) is 2. The summed E-state index contributed by atoms with van der Waals surface area (Å²) >= 11 is 0. The lowest BCUT2D eigenvalue weighted by molar-refractivity contribution is 0.141. The van der Waals surface area contributed by atoms with Gasteiger partial charge in [0, 0.05) is 32.7 Å². The van der Waals surface area contributed by atoms with Gasteiger partial charge in [0.15, 0.2) is 0 Å². The average molecular weight is 166 g/mol. The van der Waals surface area contributed by atoms with Gasteiger partial charge in [0.1, 0.15) is 0 Å². The molecule has 1 saturated heterocycles. The van der Waals surface area contributed by atoms with E-state index in [-0.39, 0.29) is 0 Å². The van der Waals surface area contributed by atoms with Crippen molar-refractivity contribution >= 4 is 0 Å². The molecule has 0 atom stereocenters. The summed E-state index contributed by atoms with van der Waals surface area (Å²) in [5, 5.41) is 0. The highest BCUT2D eigenvalue weighted by Gasteiger charge is 2.69. The van der Waals surface area contributed by atoms with Crippen LogP contribution in [-0.2, 0) is 0 Å². The first-order valence-electron chi connectivity index (χ1n) is 5.19. The van der Waals surface area contributed by atoms with E-state index in [1.807, 2.05) is 0 Å². The van der Waals surface area contributed by atoms with Gasteiger partial charge >= 0.3 is 0 Å². The van der Waals surface area contributed by atoms with Crippen molar-refractivity contribution in [2.45, 2.75) is 12.8 Å². The minimum absolute atomic E-state index is 0.871. The normalized spacial score (nSPS) is 47.2. The second-order valence-corrected chi connectivity index (χ2v) is 5.05. The Labute approximate surface area is 74.5 Å². The van der Waals surface area contributed by atoms with Crippen LogP contribution in [0.15, 0.2) is 0 Å². The topological polar surface area (TPSA) is 6.48 Å². The molecule has 2 aliphatic carbocycles. The van der Waals surface area contributed by atoms with Crippen molar-refractivity contribution in [3.05, 3.63) is 0 Å². The van der Waals surface area contributed by atoms with E-state index in [1.54, 1.807) is 12.8 Å². The number of rotatable bonds is 2. The Morgan fingerprint density at radius 1 is 1.17 bits per heavy atom. The van der Waals surface area contributed by atoms with E-state index in [0.717, 1.165) is 11.3 Å². The number of piperazine rings is 1. The van der Waals surface area contributed by atoms with Gasteiger partial charge in [-0.25, -0.2) is 0 Å². The van der Waals surface area contributed by atoms with Crippen LogP contribution in [0.1, 0.15) is 12.8 Å². The van der Waals surface area contributed by atoms with Gasteiger partial charge in [0.25, 0.3) is 0 Å². The zero-order valence-corrected chi connectivity index (χ0v) is 7.92. The van der Waals surface area contributed by atoms with Gasteiger partial charge in [0.05, 0.1) is 0 Å². The molecule has 3 rings (SSSR count). The summed E-state index contributed by atoms with van der Waals surface area (Å²) in [5.74, 6) is 1.16. The molecule has 0 aromatic rings. The van der Waals surface area contributed by atoms with Gasteiger partial charge in [-0.05, 0) is 31.2 Å². The van der Waals surface area contributed by atoms with Crippen molar-refractivity contribution in [2.75, 3.05) is 39.8 Å². The van der Waals surface area contributed by atoms with Crippen LogP contribution in [0.3, 0.4) is 0 Å². The van der Waals surface area contributed by atoms with Gasteiger partial charge < -0.3 is 9.80 Å². The maximum atomic E-state index is 2.67. The Kier molecular flexibility index (Phi) is 1.37. The molecule has 0 aromatic heterocycles. The molecule has 0 N–H and O–H groups in total. The van der Waals surface area contributed by atoms with E-state index in [0.29, 0.717) is 0 Å². The SMILES string of the molecule is CN1CCN(CC23CC2C3)CC1. The maximum absolute atomic E-state index is 2.67.